The van der Waals surface area contributed by atoms with E-state index in [-0.39, 0.29) is 23.9 Å². The monoisotopic (exact) mass is 417 g/mol. The molecule has 2 amide bonds. The van der Waals surface area contributed by atoms with Gasteiger partial charge in [-0.3, -0.25) is 0 Å². The Morgan fingerprint density at radius 2 is 2.13 bits per heavy atom. The molecule has 3 aliphatic rings. The summed E-state index contributed by atoms with van der Waals surface area (Å²) in [5.74, 6) is -0.239. The van der Waals surface area contributed by atoms with Gasteiger partial charge in [0.05, 0.1) is 6.04 Å². The van der Waals surface area contributed by atoms with E-state index in [4.69, 9.17) is 0 Å². The van der Waals surface area contributed by atoms with Crippen molar-refractivity contribution >= 4 is 28.3 Å². The molecule has 0 radical (unpaired) electrons. The molecular formula is C24H24FN5O. The van der Waals surface area contributed by atoms with E-state index in [9.17, 15) is 9.18 Å². The van der Waals surface area contributed by atoms with E-state index in [0.29, 0.717) is 6.54 Å². The summed E-state index contributed by atoms with van der Waals surface area (Å²) < 4.78 is 14.1. The van der Waals surface area contributed by atoms with Crippen LogP contribution in [0.15, 0.2) is 36.5 Å². The average molecular weight is 417 g/mol. The molecule has 3 aromatic rings. The molecule has 3 aliphatic heterocycles. The van der Waals surface area contributed by atoms with Crippen LogP contribution in [-0.2, 0) is 6.54 Å². The molecule has 6 rings (SSSR count). The lowest BCUT2D eigenvalue weighted by Gasteiger charge is -2.33. The van der Waals surface area contributed by atoms with Crippen LogP contribution < -0.4 is 10.2 Å². The molecule has 0 saturated carbocycles. The Balaban J connectivity index is 1.52. The van der Waals surface area contributed by atoms with Gasteiger partial charge in [-0.15, -0.1) is 0 Å². The molecule has 2 bridgehead atoms. The van der Waals surface area contributed by atoms with Crippen molar-refractivity contribution in [2.45, 2.75) is 37.9 Å². The number of rotatable bonds is 1. The third-order valence-electron chi connectivity index (χ3n) is 7.02. The number of nitrogens with zero attached hydrogens (tertiary/aromatic N) is 3. The predicted molar refractivity (Wildman–Crippen MR) is 119 cm³/mol. The van der Waals surface area contributed by atoms with Crippen molar-refractivity contribution in [2.75, 3.05) is 19.0 Å². The number of aromatic nitrogens is 2. The Hall–Kier alpha value is -3.35. The number of pyridine rings is 1. The molecule has 2 aromatic heterocycles. The Morgan fingerprint density at radius 1 is 1.26 bits per heavy atom. The first kappa shape index (κ1) is 18.4. The van der Waals surface area contributed by atoms with E-state index in [1.165, 1.54) is 17.2 Å². The number of carbonyl (C=O) groups is 1. The number of fused-ring (bicyclic) bond motifs is 4. The summed E-state index contributed by atoms with van der Waals surface area (Å²) in [6.07, 6.45) is 6.86. The average Bonchev–Trinajstić information content (AvgIpc) is 3.22. The molecule has 0 aliphatic carbocycles. The van der Waals surface area contributed by atoms with Crippen molar-refractivity contribution in [2.24, 2.45) is 0 Å². The maximum absolute atomic E-state index is 14.1. The van der Waals surface area contributed by atoms with Crippen molar-refractivity contribution in [1.29, 1.82) is 0 Å². The molecule has 6 nitrogen and oxygen atoms in total. The lowest BCUT2D eigenvalue weighted by Crippen LogP contribution is -2.47. The summed E-state index contributed by atoms with van der Waals surface area (Å²) in [6.45, 7) is 0.707. The van der Waals surface area contributed by atoms with E-state index in [1.54, 1.807) is 19.3 Å². The highest BCUT2D eigenvalue weighted by Crippen LogP contribution is 2.45. The molecule has 0 spiro atoms. The van der Waals surface area contributed by atoms with Gasteiger partial charge in [0, 0.05) is 60.8 Å². The molecule has 158 valence electrons. The van der Waals surface area contributed by atoms with E-state index in [2.05, 4.69) is 26.3 Å². The second-order valence-electron chi connectivity index (χ2n) is 8.74. The number of H-pyrrole nitrogens is 1. The summed E-state index contributed by atoms with van der Waals surface area (Å²) in [7, 11) is 3.74. The van der Waals surface area contributed by atoms with Crippen molar-refractivity contribution in [1.82, 2.24) is 20.2 Å². The van der Waals surface area contributed by atoms with Crippen molar-refractivity contribution in [3.05, 3.63) is 53.6 Å². The summed E-state index contributed by atoms with van der Waals surface area (Å²) in [4.78, 5) is 24.7. The van der Waals surface area contributed by atoms with Crippen LogP contribution in [0.2, 0.25) is 0 Å². The van der Waals surface area contributed by atoms with Gasteiger partial charge in [-0.1, -0.05) is 6.08 Å². The fourth-order valence-corrected chi connectivity index (χ4v) is 5.68. The Kier molecular flexibility index (Phi) is 3.91. The molecule has 1 saturated heterocycles. The predicted octanol–water partition coefficient (Wildman–Crippen LogP) is 4.28. The first-order valence-electron chi connectivity index (χ1n) is 10.8. The molecule has 2 N–H and O–H groups in total. The summed E-state index contributed by atoms with van der Waals surface area (Å²) >= 11 is 0. The van der Waals surface area contributed by atoms with Gasteiger partial charge in [0.25, 0.3) is 0 Å². The summed E-state index contributed by atoms with van der Waals surface area (Å²) in [6, 6.07) is 7.30. The molecule has 0 unspecified atom stereocenters. The van der Waals surface area contributed by atoms with Gasteiger partial charge in [0.1, 0.15) is 11.5 Å². The number of hydrogen-bond donors (Lipinski definition) is 2. The van der Waals surface area contributed by atoms with Crippen LogP contribution in [0.1, 0.15) is 30.5 Å². The minimum atomic E-state index is -0.239. The van der Waals surface area contributed by atoms with Crippen molar-refractivity contribution in [3.8, 4) is 11.1 Å². The first-order valence-corrected chi connectivity index (χ1v) is 10.8. The molecule has 1 aromatic carbocycles. The highest BCUT2D eigenvalue weighted by atomic mass is 19.1. The lowest BCUT2D eigenvalue weighted by molar-refractivity contribution is 0.182. The van der Waals surface area contributed by atoms with Crippen LogP contribution in [0.25, 0.3) is 27.7 Å². The number of amides is 2. The smallest absolute Gasteiger partial charge is 0.317 e. The number of aromatic amines is 1. The van der Waals surface area contributed by atoms with E-state index in [1.807, 2.05) is 24.1 Å². The molecular weight excluding hydrogens is 393 g/mol. The zero-order chi connectivity index (χ0) is 21.3. The second-order valence-corrected chi connectivity index (χ2v) is 8.74. The maximum Gasteiger partial charge on any atom is 0.317 e. The highest BCUT2D eigenvalue weighted by molar-refractivity contribution is 6.03. The van der Waals surface area contributed by atoms with Gasteiger partial charge in [-0.05, 0) is 54.7 Å². The molecule has 5 heterocycles. The second kappa shape index (κ2) is 6.57. The number of benzene rings is 1. The van der Waals surface area contributed by atoms with Crippen LogP contribution in [0.3, 0.4) is 0 Å². The quantitative estimate of drug-likeness (QED) is 0.621. The summed E-state index contributed by atoms with van der Waals surface area (Å²) in [5.41, 5.74) is 7.28. The third-order valence-corrected chi connectivity index (χ3v) is 7.02. The fourth-order valence-electron chi connectivity index (χ4n) is 5.68. The number of urea groups is 1. The van der Waals surface area contributed by atoms with Crippen LogP contribution >= 0.6 is 0 Å². The van der Waals surface area contributed by atoms with E-state index < -0.39 is 0 Å². The Bertz CT molecular complexity index is 1260. The number of nitrogens with one attached hydrogen (secondary N) is 2. The topological polar surface area (TPSA) is 64.3 Å². The molecule has 7 heteroatoms. The van der Waals surface area contributed by atoms with Crippen LogP contribution in [0.5, 0.6) is 0 Å². The molecule has 1 fully saturated rings. The Labute approximate surface area is 179 Å². The van der Waals surface area contributed by atoms with Crippen LogP contribution in [0.4, 0.5) is 14.9 Å². The summed E-state index contributed by atoms with van der Waals surface area (Å²) in [5, 5.41) is 3.85. The minimum Gasteiger partial charge on any atom is -0.370 e. The number of hydrogen-bond acceptors (Lipinski definition) is 3. The highest BCUT2D eigenvalue weighted by Gasteiger charge is 2.40. The molecule has 2 atom stereocenters. The number of anilines is 1. The minimum absolute atomic E-state index is 0.00116. The van der Waals surface area contributed by atoms with Gasteiger partial charge >= 0.3 is 6.03 Å². The molecule has 31 heavy (non-hydrogen) atoms. The first-order chi connectivity index (χ1) is 15.0. The zero-order valence-corrected chi connectivity index (χ0v) is 17.6. The maximum atomic E-state index is 14.1. The van der Waals surface area contributed by atoms with Gasteiger partial charge in [-0.25, -0.2) is 14.2 Å². The fraction of sp³-hybridized carbons (Fsp3) is 0.333. The van der Waals surface area contributed by atoms with Gasteiger partial charge < -0.3 is 20.1 Å². The largest absolute Gasteiger partial charge is 0.370 e. The lowest BCUT2D eigenvalue weighted by atomic mass is 9.94. The zero-order valence-electron chi connectivity index (χ0n) is 17.6. The number of carbonyl (C=O) groups excluding carboxylic acids is 1. The van der Waals surface area contributed by atoms with Crippen LogP contribution in [-0.4, -0.2) is 47.1 Å². The number of halogens is 1. The third kappa shape index (κ3) is 2.62. The SMILES string of the molecule is CNC(=O)N1[C@H]2CC[C@@H]1C=C(c1[nH]c3nccc4c3c1CN(C)c1ccc(F)cc1-4)C2. The van der Waals surface area contributed by atoms with Crippen molar-refractivity contribution in [3.63, 3.8) is 0 Å². The Morgan fingerprint density at radius 3 is 2.94 bits per heavy atom. The standard InChI is InChI=1S/C24H24FN5O/c1-26-24(31)30-15-4-5-16(30)10-13(9-15)22-19-12-29(2)20-6-3-14(25)11-18(20)17-7-8-27-23(28-22)21(17)19/h3,6-9,11,15-16H,4-5,10,12H2,1-2H3,(H,26,31)(H,27,28)/t15-,16+/m1/s1. The normalized spacial score (nSPS) is 21.7. The van der Waals surface area contributed by atoms with Gasteiger partial charge in [0.15, 0.2) is 0 Å². The van der Waals surface area contributed by atoms with Gasteiger partial charge in [-0.2, -0.15) is 0 Å². The van der Waals surface area contributed by atoms with Crippen molar-refractivity contribution < 1.29 is 9.18 Å². The van der Waals surface area contributed by atoms with E-state index >= 15 is 0 Å². The van der Waals surface area contributed by atoms with E-state index in [0.717, 1.165) is 52.8 Å². The van der Waals surface area contributed by atoms with Gasteiger partial charge in [0.2, 0.25) is 0 Å². The van der Waals surface area contributed by atoms with Crippen LogP contribution in [0, 0.1) is 5.82 Å².